The number of aromatic nitrogens is 2. The summed E-state index contributed by atoms with van der Waals surface area (Å²) < 4.78 is 1.32. The van der Waals surface area contributed by atoms with E-state index in [4.69, 9.17) is 5.73 Å². The second kappa shape index (κ2) is 7.95. The van der Waals surface area contributed by atoms with E-state index in [0.717, 1.165) is 41.7 Å². The molecular weight excluding hydrogens is 400 g/mol. The number of nitrogens with one attached hydrogen (secondary N) is 1. The Morgan fingerprint density at radius 1 is 1.23 bits per heavy atom. The number of aromatic amines is 1. The smallest absolute Gasteiger partial charge is 0.330 e. The molecule has 30 heavy (non-hydrogen) atoms. The molecule has 0 fully saturated rings. The maximum atomic E-state index is 13.2. The lowest BCUT2D eigenvalue weighted by molar-refractivity contribution is 0.0996. The number of carbonyl (C=O) groups excluding carboxylic acids is 1. The number of amides is 1. The number of fused-ring (bicyclic) bond motifs is 3. The minimum atomic E-state index is -0.659. The number of nitrogens with zero attached hydrogens (tertiary/aromatic N) is 2. The number of benzene rings is 1. The van der Waals surface area contributed by atoms with E-state index in [0.29, 0.717) is 11.4 Å². The van der Waals surface area contributed by atoms with Crippen molar-refractivity contribution in [1.29, 1.82) is 0 Å². The molecule has 0 atom stereocenters. The van der Waals surface area contributed by atoms with E-state index in [2.05, 4.69) is 17.1 Å². The zero-order valence-electron chi connectivity index (χ0n) is 17.0. The van der Waals surface area contributed by atoms with Crippen LogP contribution < -0.4 is 21.9 Å². The van der Waals surface area contributed by atoms with Crippen molar-refractivity contribution in [2.45, 2.75) is 39.2 Å². The Bertz CT molecular complexity index is 1240. The van der Waals surface area contributed by atoms with Gasteiger partial charge < -0.3 is 10.6 Å². The fourth-order valence-electron chi connectivity index (χ4n) is 3.88. The number of unbranched alkanes of at least 4 members (excludes halogenated alkanes) is 1. The van der Waals surface area contributed by atoms with Crippen LogP contribution in [0.25, 0.3) is 10.4 Å². The molecule has 1 amide bonds. The molecule has 1 aliphatic rings. The Kier molecular flexibility index (Phi) is 5.34. The number of anilines is 2. The van der Waals surface area contributed by atoms with E-state index in [1.54, 1.807) is 0 Å². The average Bonchev–Trinajstić information content (AvgIpc) is 3.17. The topological polar surface area (TPSA) is 101 Å². The summed E-state index contributed by atoms with van der Waals surface area (Å²) in [4.78, 5) is 43.1. The Balaban J connectivity index is 1.72. The van der Waals surface area contributed by atoms with Gasteiger partial charge in [-0.25, -0.2) is 4.79 Å². The number of thiophene rings is 1. The van der Waals surface area contributed by atoms with Crippen molar-refractivity contribution in [1.82, 2.24) is 9.55 Å². The minimum Gasteiger partial charge on any atom is -0.383 e. The fraction of sp³-hybridized carbons (Fsp3) is 0.318. The second-order valence-corrected chi connectivity index (χ2v) is 8.54. The molecule has 0 aliphatic heterocycles. The van der Waals surface area contributed by atoms with Gasteiger partial charge in [0.25, 0.3) is 11.5 Å². The predicted molar refractivity (Wildman–Crippen MR) is 121 cm³/mol. The Labute approximate surface area is 177 Å². The van der Waals surface area contributed by atoms with E-state index < -0.39 is 11.2 Å². The molecule has 2 heterocycles. The monoisotopic (exact) mass is 424 g/mol. The minimum absolute atomic E-state index is 0.00229. The first-order valence-corrected chi connectivity index (χ1v) is 10.9. The van der Waals surface area contributed by atoms with E-state index in [1.807, 2.05) is 25.1 Å². The number of nitrogens with two attached hydrogens (primary N) is 1. The van der Waals surface area contributed by atoms with Crippen molar-refractivity contribution >= 4 is 28.7 Å². The van der Waals surface area contributed by atoms with Crippen molar-refractivity contribution in [2.75, 3.05) is 17.7 Å². The molecule has 3 N–H and O–H groups in total. The van der Waals surface area contributed by atoms with Crippen molar-refractivity contribution in [2.24, 2.45) is 0 Å². The highest BCUT2D eigenvalue weighted by atomic mass is 32.1. The summed E-state index contributed by atoms with van der Waals surface area (Å²) in [7, 11) is 1.52. The van der Waals surface area contributed by atoms with Gasteiger partial charge in [0, 0.05) is 18.5 Å². The summed E-state index contributed by atoms with van der Waals surface area (Å²) in [6.45, 7) is 2.39. The van der Waals surface area contributed by atoms with Gasteiger partial charge >= 0.3 is 5.69 Å². The van der Waals surface area contributed by atoms with Gasteiger partial charge in [0.05, 0.1) is 4.88 Å². The number of hydrogen-bond donors (Lipinski definition) is 2. The molecule has 8 heteroatoms. The number of H-pyrrole nitrogens is 1. The molecule has 156 valence electrons. The van der Waals surface area contributed by atoms with Gasteiger partial charge in [-0.05, 0) is 42.0 Å². The fourth-order valence-corrected chi connectivity index (χ4v) is 5.13. The molecule has 0 bridgehead atoms. The lowest BCUT2D eigenvalue weighted by atomic mass is 9.91. The van der Waals surface area contributed by atoms with Crippen LogP contribution in [0.15, 0.2) is 39.9 Å². The first kappa shape index (κ1) is 20.2. The standard InChI is InChI=1S/C22H24N4O3S/c1-3-4-11-26-19(23)17(20(27)24-22(26)29)25(2)21(28)16-12-14-10-9-13-7-5-6-8-15(13)18(14)30-16/h5-8,12H,3-4,9-11,23H2,1-2H3,(H,24,27,29). The van der Waals surface area contributed by atoms with E-state index >= 15 is 0 Å². The number of aryl methyl sites for hydroxylation is 2. The summed E-state index contributed by atoms with van der Waals surface area (Å²) in [5.74, 6) is -0.301. The Morgan fingerprint density at radius 3 is 2.73 bits per heavy atom. The zero-order chi connectivity index (χ0) is 21.4. The van der Waals surface area contributed by atoms with Gasteiger partial charge in [-0.1, -0.05) is 37.6 Å². The van der Waals surface area contributed by atoms with Crippen molar-refractivity contribution in [3.8, 4) is 10.4 Å². The van der Waals surface area contributed by atoms with E-state index in [1.165, 1.54) is 33.4 Å². The highest BCUT2D eigenvalue weighted by Gasteiger charge is 2.26. The Hall–Kier alpha value is -3.13. The number of rotatable bonds is 5. The van der Waals surface area contributed by atoms with Gasteiger partial charge in [-0.15, -0.1) is 11.3 Å². The lowest BCUT2D eigenvalue weighted by Crippen LogP contribution is -2.39. The third-order valence-corrected chi connectivity index (χ3v) is 6.73. The van der Waals surface area contributed by atoms with E-state index in [-0.39, 0.29) is 17.4 Å². The number of carbonyl (C=O) groups is 1. The van der Waals surface area contributed by atoms with Crippen molar-refractivity contribution < 1.29 is 4.79 Å². The van der Waals surface area contributed by atoms with Crippen molar-refractivity contribution in [3.05, 3.63) is 67.2 Å². The average molecular weight is 425 g/mol. The van der Waals surface area contributed by atoms with Gasteiger partial charge in [0.1, 0.15) is 5.82 Å². The van der Waals surface area contributed by atoms with Crippen LogP contribution in [0.3, 0.4) is 0 Å². The molecule has 4 rings (SSSR count). The maximum absolute atomic E-state index is 13.2. The van der Waals surface area contributed by atoms with Crippen molar-refractivity contribution in [3.63, 3.8) is 0 Å². The molecule has 0 saturated heterocycles. The SMILES string of the molecule is CCCCn1c(N)c(N(C)C(=O)c2cc3c(s2)-c2ccccc2CC3)c(=O)[nH]c1=O. The maximum Gasteiger partial charge on any atom is 0.330 e. The lowest BCUT2D eigenvalue weighted by Gasteiger charge is -2.19. The van der Waals surface area contributed by atoms with E-state index in [9.17, 15) is 14.4 Å². The van der Waals surface area contributed by atoms with Crippen LogP contribution >= 0.6 is 11.3 Å². The first-order valence-electron chi connectivity index (χ1n) is 10.0. The molecule has 0 unspecified atom stereocenters. The largest absolute Gasteiger partial charge is 0.383 e. The third kappa shape index (κ3) is 3.37. The molecule has 2 aromatic heterocycles. The summed E-state index contributed by atoms with van der Waals surface area (Å²) in [5.41, 5.74) is 8.53. The predicted octanol–water partition coefficient (Wildman–Crippen LogP) is 3.02. The molecule has 3 aromatic rings. The van der Waals surface area contributed by atoms with Crippen LogP contribution in [0.1, 0.15) is 40.6 Å². The summed E-state index contributed by atoms with van der Waals surface area (Å²) in [6, 6.07) is 10.1. The van der Waals surface area contributed by atoms with Gasteiger partial charge in [-0.3, -0.25) is 19.1 Å². The van der Waals surface area contributed by atoms with Gasteiger partial charge in [-0.2, -0.15) is 0 Å². The summed E-state index contributed by atoms with van der Waals surface area (Å²) >= 11 is 1.43. The number of hydrogen-bond acceptors (Lipinski definition) is 5. The van der Waals surface area contributed by atoms with Crippen LogP contribution in [0.5, 0.6) is 0 Å². The van der Waals surface area contributed by atoms with Crippen LogP contribution in [0.4, 0.5) is 11.5 Å². The molecule has 1 aromatic carbocycles. The van der Waals surface area contributed by atoms with Gasteiger partial charge in [0.15, 0.2) is 5.69 Å². The molecule has 0 spiro atoms. The molecule has 0 radical (unpaired) electrons. The summed E-state index contributed by atoms with van der Waals surface area (Å²) in [6.07, 6.45) is 3.44. The highest BCUT2D eigenvalue weighted by molar-refractivity contribution is 7.17. The Morgan fingerprint density at radius 2 is 1.97 bits per heavy atom. The normalized spacial score (nSPS) is 12.3. The zero-order valence-corrected chi connectivity index (χ0v) is 17.8. The van der Waals surface area contributed by atoms with Gasteiger partial charge in [0.2, 0.25) is 0 Å². The number of nitrogen functional groups attached to an aromatic ring is 1. The van der Waals surface area contributed by atoms with Crippen LogP contribution in [-0.2, 0) is 19.4 Å². The van der Waals surface area contributed by atoms with Crippen LogP contribution in [0, 0.1) is 0 Å². The molecule has 0 saturated carbocycles. The molecule has 1 aliphatic carbocycles. The highest BCUT2D eigenvalue weighted by Crippen LogP contribution is 2.40. The first-order chi connectivity index (χ1) is 14.4. The quantitative estimate of drug-likeness (QED) is 0.657. The second-order valence-electron chi connectivity index (χ2n) is 7.48. The summed E-state index contributed by atoms with van der Waals surface area (Å²) in [5, 5.41) is 0. The molecule has 7 nitrogen and oxygen atoms in total. The van der Waals surface area contributed by atoms with Crippen LogP contribution in [-0.4, -0.2) is 22.5 Å². The van der Waals surface area contributed by atoms with Crippen LogP contribution in [0.2, 0.25) is 0 Å². The molecular formula is C22H24N4O3S. The third-order valence-electron chi connectivity index (χ3n) is 5.53.